The van der Waals surface area contributed by atoms with Gasteiger partial charge in [-0.1, -0.05) is 19.9 Å². The Bertz CT molecular complexity index is 480. The lowest BCUT2D eigenvalue weighted by Gasteiger charge is -2.37. The maximum atomic E-state index is 6.19. The summed E-state index contributed by atoms with van der Waals surface area (Å²) in [6.45, 7) is 9.94. The van der Waals surface area contributed by atoms with Crippen molar-refractivity contribution in [2.45, 2.75) is 52.2 Å². The average molecular weight is 288 g/mol. The fourth-order valence-electron chi connectivity index (χ4n) is 3.41. The van der Waals surface area contributed by atoms with Crippen LogP contribution in [0.4, 0.5) is 5.69 Å². The molecule has 0 aliphatic carbocycles. The molecule has 2 aliphatic heterocycles. The summed E-state index contributed by atoms with van der Waals surface area (Å²) in [5.74, 6) is 1.61. The third kappa shape index (κ3) is 3.18. The van der Waals surface area contributed by atoms with Crippen LogP contribution in [0.2, 0.25) is 0 Å². The molecule has 1 aromatic rings. The lowest BCUT2D eigenvalue weighted by atomic mass is 10.0. The van der Waals surface area contributed by atoms with Gasteiger partial charge in [0.2, 0.25) is 0 Å². The van der Waals surface area contributed by atoms with Gasteiger partial charge >= 0.3 is 0 Å². The van der Waals surface area contributed by atoms with Crippen molar-refractivity contribution in [1.29, 1.82) is 0 Å². The van der Waals surface area contributed by atoms with Crippen molar-refractivity contribution in [2.75, 3.05) is 24.5 Å². The molecule has 2 atom stereocenters. The molecule has 2 heterocycles. The van der Waals surface area contributed by atoms with E-state index in [0.29, 0.717) is 18.1 Å². The van der Waals surface area contributed by atoms with Gasteiger partial charge in [0.05, 0.1) is 12.2 Å². The van der Waals surface area contributed by atoms with Gasteiger partial charge in [-0.15, -0.1) is 0 Å². The highest BCUT2D eigenvalue weighted by atomic mass is 16.5. The zero-order valence-electron chi connectivity index (χ0n) is 13.6. The fourth-order valence-corrected chi connectivity index (χ4v) is 3.41. The molecule has 1 N–H and O–H groups in total. The van der Waals surface area contributed by atoms with E-state index >= 15 is 0 Å². The van der Waals surface area contributed by atoms with Crippen LogP contribution in [0.15, 0.2) is 18.2 Å². The SMILES string of the molecule is CCN1CC(C(C)C)Oc2ccc(CC3CCCN3)cc21. The maximum Gasteiger partial charge on any atom is 0.143 e. The van der Waals surface area contributed by atoms with Crippen molar-refractivity contribution < 1.29 is 4.74 Å². The molecule has 0 bridgehead atoms. The molecule has 0 spiro atoms. The monoisotopic (exact) mass is 288 g/mol. The van der Waals surface area contributed by atoms with E-state index in [9.17, 15) is 0 Å². The standard InChI is InChI=1S/C18H28N2O/c1-4-20-12-18(13(2)3)21-17-8-7-14(11-16(17)20)10-15-6-5-9-19-15/h7-8,11,13,15,18-19H,4-6,9-10,12H2,1-3H3. The molecule has 0 radical (unpaired) electrons. The summed E-state index contributed by atoms with van der Waals surface area (Å²) in [5, 5.41) is 3.59. The zero-order chi connectivity index (χ0) is 14.8. The first-order valence-electron chi connectivity index (χ1n) is 8.45. The van der Waals surface area contributed by atoms with E-state index in [4.69, 9.17) is 4.74 Å². The van der Waals surface area contributed by atoms with Crippen molar-refractivity contribution in [2.24, 2.45) is 5.92 Å². The Morgan fingerprint density at radius 1 is 1.38 bits per heavy atom. The molecule has 3 rings (SSSR count). The van der Waals surface area contributed by atoms with Gasteiger partial charge < -0.3 is 15.0 Å². The second-order valence-corrected chi connectivity index (χ2v) is 6.74. The van der Waals surface area contributed by atoms with Gasteiger partial charge in [0.1, 0.15) is 11.9 Å². The average Bonchev–Trinajstić information content (AvgIpc) is 2.99. The van der Waals surface area contributed by atoms with E-state index in [0.717, 1.165) is 25.3 Å². The van der Waals surface area contributed by atoms with Gasteiger partial charge in [0.15, 0.2) is 0 Å². The molecule has 3 nitrogen and oxygen atoms in total. The van der Waals surface area contributed by atoms with E-state index in [1.54, 1.807) is 0 Å². The van der Waals surface area contributed by atoms with Gasteiger partial charge in [-0.05, 0) is 56.3 Å². The summed E-state index contributed by atoms with van der Waals surface area (Å²) in [4.78, 5) is 2.47. The van der Waals surface area contributed by atoms with E-state index in [1.165, 1.54) is 30.6 Å². The number of anilines is 1. The Kier molecular flexibility index (Phi) is 4.39. The molecule has 1 aromatic carbocycles. The minimum absolute atomic E-state index is 0.305. The molecular formula is C18H28N2O. The number of likely N-dealkylation sites (N-methyl/N-ethyl adjacent to an activating group) is 1. The molecule has 21 heavy (non-hydrogen) atoms. The normalized spacial score (nSPS) is 25.0. The number of nitrogens with one attached hydrogen (secondary N) is 1. The number of hydrogen-bond donors (Lipinski definition) is 1. The second-order valence-electron chi connectivity index (χ2n) is 6.74. The van der Waals surface area contributed by atoms with Crippen LogP contribution in [0.25, 0.3) is 0 Å². The van der Waals surface area contributed by atoms with Crippen LogP contribution in [0.1, 0.15) is 39.2 Å². The molecule has 0 aromatic heterocycles. The Morgan fingerprint density at radius 2 is 2.24 bits per heavy atom. The maximum absolute atomic E-state index is 6.19. The van der Waals surface area contributed by atoms with E-state index in [-0.39, 0.29) is 0 Å². The third-order valence-electron chi connectivity index (χ3n) is 4.81. The molecule has 3 heteroatoms. The van der Waals surface area contributed by atoms with Crippen LogP contribution in [0.3, 0.4) is 0 Å². The number of rotatable bonds is 4. The van der Waals surface area contributed by atoms with Crippen LogP contribution < -0.4 is 15.0 Å². The highest BCUT2D eigenvalue weighted by molar-refractivity contribution is 5.61. The topological polar surface area (TPSA) is 24.5 Å². The van der Waals surface area contributed by atoms with Crippen molar-refractivity contribution in [3.8, 4) is 5.75 Å². The quantitative estimate of drug-likeness (QED) is 0.920. The molecular weight excluding hydrogens is 260 g/mol. The third-order valence-corrected chi connectivity index (χ3v) is 4.81. The van der Waals surface area contributed by atoms with E-state index in [2.05, 4.69) is 49.2 Å². The first kappa shape index (κ1) is 14.7. The van der Waals surface area contributed by atoms with Gasteiger partial charge in [-0.25, -0.2) is 0 Å². The van der Waals surface area contributed by atoms with Gasteiger partial charge in [0.25, 0.3) is 0 Å². The molecule has 0 amide bonds. The molecule has 0 saturated carbocycles. The van der Waals surface area contributed by atoms with Crippen LogP contribution in [-0.4, -0.2) is 31.8 Å². The molecule has 2 unspecified atom stereocenters. The zero-order valence-corrected chi connectivity index (χ0v) is 13.6. The number of nitrogens with zero attached hydrogens (tertiary/aromatic N) is 1. The van der Waals surface area contributed by atoms with Gasteiger partial charge in [-0.3, -0.25) is 0 Å². The van der Waals surface area contributed by atoms with E-state index in [1.807, 2.05) is 0 Å². The lowest BCUT2D eigenvalue weighted by molar-refractivity contribution is 0.146. The first-order chi connectivity index (χ1) is 10.2. The minimum atomic E-state index is 0.305. The summed E-state index contributed by atoms with van der Waals surface area (Å²) in [6, 6.07) is 7.42. The lowest BCUT2D eigenvalue weighted by Crippen LogP contribution is -2.42. The number of ether oxygens (including phenoxy) is 1. The summed E-state index contributed by atoms with van der Waals surface area (Å²) < 4.78 is 6.19. The summed E-state index contributed by atoms with van der Waals surface area (Å²) >= 11 is 0. The highest BCUT2D eigenvalue weighted by Crippen LogP contribution is 2.36. The van der Waals surface area contributed by atoms with Crippen molar-refractivity contribution >= 4 is 5.69 Å². The van der Waals surface area contributed by atoms with Crippen molar-refractivity contribution in [3.05, 3.63) is 23.8 Å². The van der Waals surface area contributed by atoms with E-state index < -0.39 is 0 Å². The number of hydrogen-bond acceptors (Lipinski definition) is 3. The molecule has 116 valence electrons. The second kappa shape index (κ2) is 6.27. The van der Waals surface area contributed by atoms with Crippen LogP contribution in [-0.2, 0) is 6.42 Å². The largest absolute Gasteiger partial charge is 0.486 e. The van der Waals surface area contributed by atoms with Gasteiger partial charge in [0, 0.05) is 12.6 Å². The Balaban J connectivity index is 1.80. The van der Waals surface area contributed by atoms with Crippen LogP contribution in [0, 0.1) is 5.92 Å². The smallest absolute Gasteiger partial charge is 0.143 e. The molecule has 1 fully saturated rings. The van der Waals surface area contributed by atoms with Crippen molar-refractivity contribution in [1.82, 2.24) is 5.32 Å². The minimum Gasteiger partial charge on any atom is -0.486 e. The Morgan fingerprint density at radius 3 is 2.90 bits per heavy atom. The van der Waals surface area contributed by atoms with Crippen LogP contribution in [0.5, 0.6) is 5.75 Å². The summed E-state index contributed by atoms with van der Waals surface area (Å²) in [5.41, 5.74) is 2.71. The molecule has 1 saturated heterocycles. The van der Waals surface area contributed by atoms with Crippen molar-refractivity contribution in [3.63, 3.8) is 0 Å². The molecule has 2 aliphatic rings. The van der Waals surface area contributed by atoms with Gasteiger partial charge in [-0.2, -0.15) is 0 Å². The summed E-state index contributed by atoms with van der Waals surface area (Å²) in [7, 11) is 0. The fraction of sp³-hybridized carbons (Fsp3) is 0.667. The Labute approximate surface area is 128 Å². The highest BCUT2D eigenvalue weighted by Gasteiger charge is 2.27. The first-order valence-corrected chi connectivity index (χ1v) is 8.45. The number of fused-ring (bicyclic) bond motifs is 1. The van der Waals surface area contributed by atoms with Crippen LogP contribution >= 0.6 is 0 Å². The predicted molar refractivity (Wildman–Crippen MR) is 88.3 cm³/mol. The number of benzene rings is 1. The summed E-state index contributed by atoms with van der Waals surface area (Å²) in [6.07, 6.45) is 4.06. The Hall–Kier alpha value is -1.22. The predicted octanol–water partition coefficient (Wildman–Crippen LogP) is 3.22.